The van der Waals surface area contributed by atoms with Gasteiger partial charge in [0.2, 0.25) is 0 Å². The molecule has 21 heavy (non-hydrogen) atoms. The molecule has 2 rings (SSSR count). The number of methoxy groups -OCH3 is 1. The summed E-state index contributed by atoms with van der Waals surface area (Å²) >= 11 is 5.89. The summed E-state index contributed by atoms with van der Waals surface area (Å²) in [6.07, 6.45) is 1.27. The van der Waals surface area contributed by atoms with Gasteiger partial charge < -0.3 is 14.7 Å². The van der Waals surface area contributed by atoms with E-state index in [-0.39, 0.29) is 5.91 Å². The van der Waals surface area contributed by atoms with E-state index in [1.807, 2.05) is 6.92 Å². The normalized spacial score (nSPS) is 22.0. The fourth-order valence-electron chi connectivity index (χ4n) is 2.62. The van der Waals surface area contributed by atoms with Crippen molar-refractivity contribution in [1.29, 1.82) is 0 Å². The number of halogens is 1. The van der Waals surface area contributed by atoms with Gasteiger partial charge in [-0.05, 0) is 37.0 Å². The van der Waals surface area contributed by atoms with E-state index < -0.39 is 12.0 Å². The topological polar surface area (TPSA) is 66.8 Å². The molecular weight excluding hydrogens is 294 g/mol. The Labute approximate surface area is 128 Å². The van der Waals surface area contributed by atoms with Crippen LogP contribution in [0.25, 0.3) is 0 Å². The number of ether oxygens (including phenoxy) is 1. The first-order chi connectivity index (χ1) is 9.93. The van der Waals surface area contributed by atoms with E-state index in [9.17, 15) is 14.7 Å². The number of likely N-dealkylation sites (tertiary alicyclic amines) is 1. The maximum absolute atomic E-state index is 12.7. The van der Waals surface area contributed by atoms with Crippen molar-refractivity contribution in [3.05, 3.63) is 28.8 Å². The van der Waals surface area contributed by atoms with Gasteiger partial charge in [0.05, 0.1) is 12.7 Å². The van der Waals surface area contributed by atoms with E-state index in [2.05, 4.69) is 0 Å². The number of aliphatic carboxylic acids is 1. The Kier molecular flexibility index (Phi) is 4.73. The molecule has 6 heteroatoms. The van der Waals surface area contributed by atoms with Crippen LogP contribution < -0.4 is 4.74 Å². The van der Waals surface area contributed by atoms with Crippen LogP contribution in [0.5, 0.6) is 5.75 Å². The first-order valence-electron chi connectivity index (χ1n) is 6.81. The Hall–Kier alpha value is -1.75. The number of rotatable bonds is 3. The van der Waals surface area contributed by atoms with Crippen LogP contribution in [-0.4, -0.2) is 41.6 Å². The second kappa shape index (κ2) is 6.35. The quantitative estimate of drug-likeness (QED) is 0.932. The van der Waals surface area contributed by atoms with E-state index in [0.717, 1.165) is 6.42 Å². The van der Waals surface area contributed by atoms with Crippen molar-refractivity contribution in [3.63, 3.8) is 0 Å². The smallest absolute Gasteiger partial charge is 0.326 e. The Morgan fingerprint density at radius 1 is 1.43 bits per heavy atom. The summed E-state index contributed by atoms with van der Waals surface area (Å²) in [5, 5.41) is 9.81. The number of piperidine rings is 1. The highest BCUT2D eigenvalue weighted by atomic mass is 35.5. The minimum Gasteiger partial charge on any atom is -0.496 e. The second-order valence-electron chi connectivity index (χ2n) is 5.33. The van der Waals surface area contributed by atoms with Gasteiger partial charge >= 0.3 is 5.97 Å². The van der Waals surface area contributed by atoms with E-state index in [0.29, 0.717) is 35.2 Å². The van der Waals surface area contributed by atoms with Crippen LogP contribution in [0.3, 0.4) is 0 Å². The summed E-state index contributed by atoms with van der Waals surface area (Å²) in [6.45, 7) is 2.43. The lowest BCUT2D eigenvalue weighted by Crippen LogP contribution is -2.49. The number of carboxylic acids is 1. The Bertz CT molecular complexity index is 561. The average Bonchev–Trinajstić information content (AvgIpc) is 2.46. The van der Waals surface area contributed by atoms with Gasteiger partial charge in [-0.25, -0.2) is 4.79 Å². The van der Waals surface area contributed by atoms with Gasteiger partial charge in [0.15, 0.2) is 0 Å². The standard InChI is InChI=1S/C15H18ClNO4/c1-9-5-6-17(12(7-9)15(19)20)14(18)11-4-3-10(16)8-13(11)21-2/h3-4,8-9,12H,5-7H2,1-2H3,(H,19,20). The predicted octanol–water partition coefficient (Wildman–Crippen LogP) is 2.67. The molecule has 1 fully saturated rings. The van der Waals surface area contributed by atoms with Crippen LogP contribution in [0.15, 0.2) is 18.2 Å². The molecule has 1 aromatic rings. The van der Waals surface area contributed by atoms with Crippen LogP contribution >= 0.6 is 11.6 Å². The van der Waals surface area contributed by atoms with Crippen molar-refractivity contribution in [2.75, 3.05) is 13.7 Å². The van der Waals surface area contributed by atoms with Crippen LogP contribution in [-0.2, 0) is 4.79 Å². The van der Waals surface area contributed by atoms with Gasteiger partial charge in [-0.15, -0.1) is 0 Å². The molecule has 1 aliphatic heterocycles. The zero-order valence-corrected chi connectivity index (χ0v) is 12.8. The predicted molar refractivity (Wildman–Crippen MR) is 78.9 cm³/mol. The van der Waals surface area contributed by atoms with Crippen molar-refractivity contribution >= 4 is 23.5 Å². The van der Waals surface area contributed by atoms with Crippen molar-refractivity contribution < 1.29 is 19.4 Å². The minimum absolute atomic E-state index is 0.294. The van der Waals surface area contributed by atoms with Crippen LogP contribution in [0, 0.1) is 5.92 Å². The van der Waals surface area contributed by atoms with Crippen LogP contribution in [0.1, 0.15) is 30.1 Å². The van der Waals surface area contributed by atoms with E-state index in [1.54, 1.807) is 18.2 Å². The third-order valence-corrected chi connectivity index (χ3v) is 4.04. The summed E-state index contributed by atoms with van der Waals surface area (Å²) in [5.74, 6) is -0.650. The first-order valence-corrected chi connectivity index (χ1v) is 7.19. The van der Waals surface area contributed by atoms with Gasteiger partial charge in [-0.3, -0.25) is 4.79 Å². The summed E-state index contributed by atoms with van der Waals surface area (Å²) in [5.41, 5.74) is 0.336. The first kappa shape index (κ1) is 15.6. The van der Waals surface area contributed by atoms with Crippen LogP contribution in [0.4, 0.5) is 0 Å². The Morgan fingerprint density at radius 2 is 2.14 bits per heavy atom. The number of nitrogens with zero attached hydrogens (tertiary/aromatic N) is 1. The molecule has 0 radical (unpaired) electrons. The fourth-order valence-corrected chi connectivity index (χ4v) is 2.78. The highest BCUT2D eigenvalue weighted by Gasteiger charge is 2.35. The van der Waals surface area contributed by atoms with Crippen molar-refractivity contribution in [2.24, 2.45) is 5.92 Å². The lowest BCUT2D eigenvalue weighted by Gasteiger charge is -2.36. The lowest BCUT2D eigenvalue weighted by atomic mass is 9.92. The van der Waals surface area contributed by atoms with Gasteiger partial charge in [0.1, 0.15) is 11.8 Å². The zero-order valence-electron chi connectivity index (χ0n) is 12.0. The molecule has 1 heterocycles. The highest BCUT2D eigenvalue weighted by molar-refractivity contribution is 6.30. The third-order valence-electron chi connectivity index (χ3n) is 3.80. The summed E-state index contributed by atoms with van der Waals surface area (Å²) < 4.78 is 5.18. The van der Waals surface area contributed by atoms with Crippen molar-refractivity contribution in [2.45, 2.75) is 25.8 Å². The average molecular weight is 312 g/mol. The maximum atomic E-state index is 12.7. The summed E-state index contributed by atoms with van der Waals surface area (Å²) in [4.78, 5) is 25.5. The fraction of sp³-hybridized carbons (Fsp3) is 0.467. The number of carboxylic acid groups (broad SMARTS) is 1. The Balaban J connectivity index is 2.32. The number of hydrogen-bond donors (Lipinski definition) is 1. The third kappa shape index (κ3) is 3.29. The molecule has 1 saturated heterocycles. The monoisotopic (exact) mass is 311 g/mol. The van der Waals surface area contributed by atoms with E-state index in [1.165, 1.54) is 12.0 Å². The zero-order chi connectivity index (χ0) is 15.6. The molecule has 0 aromatic heterocycles. The minimum atomic E-state index is -0.970. The van der Waals surface area contributed by atoms with Crippen molar-refractivity contribution in [3.8, 4) is 5.75 Å². The molecule has 0 spiro atoms. The molecule has 1 aromatic carbocycles. The molecule has 1 aliphatic rings. The molecule has 1 N–H and O–H groups in total. The number of hydrogen-bond acceptors (Lipinski definition) is 3. The number of benzene rings is 1. The largest absolute Gasteiger partial charge is 0.496 e. The lowest BCUT2D eigenvalue weighted by molar-refractivity contribution is -0.144. The van der Waals surface area contributed by atoms with Gasteiger partial charge in [0, 0.05) is 11.6 Å². The molecule has 0 saturated carbocycles. The SMILES string of the molecule is COc1cc(Cl)ccc1C(=O)N1CCC(C)CC1C(=O)O. The molecule has 0 aliphatic carbocycles. The maximum Gasteiger partial charge on any atom is 0.326 e. The highest BCUT2D eigenvalue weighted by Crippen LogP contribution is 2.29. The number of amides is 1. The molecule has 0 bridgehead atoms. The van der Waals surface area contributed by atoms with Crippen LogP contribution in [0.2, 0.25) is 5.02 Å². The number of carbonyl (C=O) groups is 2. The molecule has 2 unspecified atom stereocenters. The molecular formula is C15H18ClNO4. The van der Waals surface area contributed by atoms with Gasteiger partial charge in [-0.2, -0.15) is 0 Å². The Morgan fingerprint density at radius 3 is 2.76 bits per heavy atom. The van der Waals surface area contributed by atoms with E-state index in [4.69, 9.17) is 16.3 Å². The van der Waals surface area contributed by atoms with Gasteiger partial charge in [-0.1, -0.05) is 18.5 Å². The van der Waals surface area contributed by atoms with Crippen molar-refractivity contribution in [1.82, 2.24) is 4.90 Å². The molecule has 114 valence electrons. The summed E-state index contributed by atoms with van der Waals surface area (Å²) in [6, 6.07) is 3.93. The molecule has 2 atom stereocenters. The summed E-state index contributed by atoms with van der Waals surface area (Å²) in [7, 11) is 1.45. The second-order valence-corrected chi connectivity index (χ2v) is 5.76. The molecule has 1 amide bonds. The van der Waals surface area contributed by atoms with E-state index >= 15 is 0 Å². The number of carbonyl (C=O) groups excluding carboxylic acids is 1. The molecule has 5 nitrogen and oxygen atoms in total. The van der Waals surface area contributed by atoms with Gasteiger partial charge in [0.25, 0.3) is 5.91 Å².